The van der Waals surface area contributed by atoms with E-state index in [2.05, 4.69) is 54.0 Å². The first-order valence-electron chi connectivity index (χ1n) is 4.28. The van der Waals surface area contributed by atoms with Crippen LogP contribution in [0.15, 0.2) is 0 Å². The summed E-state index contributed by atoms with van der Waals surface area (Å²) in [5.74, 6) is 0. The van der Waals surface area contributed by atoms with Crippen LogP contribution in [0.3, 0.4) is 0 Å². The summed E-state index contributed by atoms with van der Waals surface area (Å²) in [6.07, 6.45) is 0. The summed E-state index contributed by atoms with van der Waals surface area (Å²) >= 11 is 0. The Morgan fingerprint density at radius 3 is 1.08 bits per heavy atom. The average Bonchev–Trinajstić information content (AvgIpc) is 1.83. The number of hydrogen-bond acceptors (Lipinski definition) is 2. The molecule has 0 aromatic rings. The highest BCUT2D eigenvalue weighted by molar-refractivity contribution is 4.36. The van der Waals surface area contributed by atoms with Gasteiger partial charge in [-0.15, -0.1) is 0 Å². The largest absolute Gasteiger partial charge is 0.870 e. The molecular weight excluding hydrogens is 152 g/mol. The predicted molar refractivity (Wildman–Crippen MR) is 54.7 cm³/mol. The Kier molecular flexibility index (Phi) is 13.3. The fraction of sp³-hybridized carbons (Fsp3) is 1.00. The van der Waals surface area contributed by atoms with E-state index in [0.29, 0.717) is 0 Å². The minimum atomic E-state index is 0. The highest BCUT2D eigenvalue weighted by atomic mass is 16.0. The van der Waals surface area contributed by atoms with Crippen LogP contribution < -0.4 is 0 Å². The number of nitrogens with zero attached hydrogens (tertiary/aromatic N) is 2. The second-order valence-corrected chi connectivity index (χ2v) is 4.17. The maximum Gasteiger partial charge on any atom is 0.0675 e. The van der Waals surface area contributed by atoms with Crippen molar-refractivity contribution in [2.75, 3.05) is 48.3 Å². The molecule has 0 aliphatic rings. The van der Waals surface area contributed by atoms with Crippen LogP contribution in [0.25, 0.3) is 0 Å². The van der Waals surface area contributed by atoms with Gasteiger partial charge in [0.05, 0.1) is 28.2 Å². The van der Waals surface area contributed by atoms with E-state index in [-0.39, 0.29) is 5.48 Å². The van der Waals surface area contributed by atoms with Gasteiger partial charge in [0.25, 0.3) is 0 Å². The Hall–Kier alpha value is -0.120. The van der Waals surface area contributed by atoms with Gasteiger partial charge in [0.1, 0.15) is 0 Å². The molecular formula is C9H26N2O. The van der Waals surface area contributed by atoms with Gasteiger partial charge in [0.15, 0.2) is 0 Å². The van der Waals surface area contributed by atoms with Gasteiger partial charge in [-0.2, -0.15) is 0 Å². The molecule has 0 unspecified atom stereocenters. The van der Waals surface area contributed by atoms with Crippen molar-refractivity contribution >= 4 is 0 Å². The molecule has 0 amide bonds. The van der Waals surface area contributed by atoms with Gasteiger partial charge in [0, 0.05) is 0 Å². The van der Waals surface area contributed by atoms with Gasteiger partial charge in [-0.25, -0.2) is 0 Å². The molecule has 0 aromatic heterocycles. The van der Waals surface area contributed by atoms with Crippen molar-refractivity contribution in [2.45, 2.75) is 13.8 Å². The summed E-state index contributed by atoms with van der Waals surface area (Å²) in [6.45, 7) is 6.64. The quantitative estimate of drug-likeness (QED) is 0.593. The summed E-state index contributed by atoms with van der Waals surface area (Å²) in [6, 6.07) is 0. The van der Waals surface area contributed by atoms with Gasteiger partial charge in [-0.05, 0) is 20.1 Å². The fourth-order valence-electron chi connectivity index (χ4n) is 0.224. The van der Waals surface area contributed by atoms with Gasteiger partial charge >= 0.3 is 0 Å². The van der Waals surface area contributed by atoms with Crippen LogP contribution in [0.2, 0.25) is 0 Å². The molecule has 0 atom stereocenters. The molecule has 78 valence electrons. The minimum absolute atomic E-state index is 0. The summed E-state index contributed by atoms with van der Waals surface area (Å²) in [5, 5.41) is 0. The van der Waals surface area contributed by atoms with Crippen molar-refractivity contribution in [3.8, 4) is 0 Å². The maximum absolute atomic E-state index is 2.25. The molecule has 0 spiro atoms. The lowest BCUT2D eigenvalue weighted by molar-refractivity contribution is -0.849. The molecule has 0 fully saturated rings. The molecule has 0 aliphatic heterocycles. The van der Waals surface area contributed by atoms with Crippen LogP contribution in [0, 0.1) is 0 Å². The van der Waals surface area contributed by atoms with E-state index in [9.17, 15) is 0 Å². The van der Waals surface area contributed by atoms with Crippen LogP contribution in [0.4, 0.5) is 0 Å². The van der Waals surface area contributed by atoms with Crippen LogP contribution >= 0.6 is 0 Å². The van der Waals surface area contributed by atoms with Crippen molar-refractivity contribution in [3.63, 3.8) is 0 Å². The van der Waals surface area contributed by atoms with E-state index in [1.54, 1.807) is 0 Å². The average molecular weight is 178 g/mol. The van der Waals surface area contributed by atoms with Crippen molar-refractivity contribution < 1.29 is 9.96 Å². The van der Waals surface area contributed by atoms with E-state index >= 15 is 0 Å². The standard InChI is InChI=1S/C5H13N.C4H12N.H2O/c1-4-6(3)5-2;1-5(2,3)4;/h4-5H2,1-3H3;1-4H3;1H2/q;+1;/p-1. The molecule has 0 aromatic carbocycles. The fourth-order valence-corrected chi connectivity index (χ4v) is 0.224. The third-order valence-corrected chi connectivity index (χ3v) is 1.08. The van der Waals surface area contributed by atoms with Crippen molar-refractivity contribution in [2.24, 2.45) is 0 Å². The lowest BCUT2D eigenvalue weighted by Crippen LogP contribution is -2.27. The summed E-state index contributed by atoms with van der Waals surface area (Å²) in [7, 11) is 10.6. The molecule has 0 aliphatic carbocycles. The first kappa shape index (κ1) is 17.8. The molecule has 0 rings (SSSR count). The molecule has 3 heteroatoms. The monoisotopic (exact) mass is 178 g/mol. The molecule has 0 heterocycles. The summed E-state index contributed by atoms with van der Waals surface area (Å²) in [4.78, 5) is 2.25. The molecule has 0 radical (unpaired) electrons. The second-order valence-electron chi connectivity index (χ2n) is 4.17. The lowest BCUT2D eigenvalue weighted by Gasteiger charge is -2.14. The van der Waals surface area contributed by atoms with Gasteiger partial charge in [-0.1, -0.05) is 13.8 Å². The zero-order valence-electron chi connectivity index (χ0n) is 9.76. The SMILES string of the molecule is CCN(C)CC.C[N+](C)(C)C.[OH-]. The first-order valence-corrected chi connectivity index (χ1v) is 4.28. The highest BCUT2D eigenvalue weighted by Gasteiger charge is 1.88. The topological polar surface area (TPSA) is 33.2 Å². The Bertz CT molecular complexity index is 69.1. The molecule has 12 heavy (non-hydrogen) atoms. The molecule has 0 saturated heterocycles. The normalized spacial score (nSPS) is 10.0. The number of rotatable bonds is 2. The smallest absolute Gasteiger partial charge is 0.0675 e. The number of hydrogen-bond donors (Lipinski definition) is 0. The van der Waals surface area contributed by atoms with Crippen molar-refractivity contribution in [1.82, 2.24) is 4.90 Å². The molecule has 0 bridgehead atoms. The predicted octanol–water partition coefficient (Wildman–Crippen LogP) is 1.10. The van der Waals surface area contributed by atoms with Crippen molar-refractivity contribution in [3.05, 3.63) is 0 Å². The van der Waals surface area contributed by atoms with Crippen LogP contribution in [0.1, 0.15) is 13.8 Å². The zero-order chi connectivity index (χ0) is 9.49. The Balaban J connectivity index is -0.000000126. The first-order chi connectivity index (χ1) is 4.81. The summed E-state index contributed by atoms with van der Waals surface area (Å²) < 4.78 is 1.00. The lowest BCUT2D eigenvalue weighted by atomic mass is 10.6. The maximum atomic E-state index is 2.25. The third kappa shape index (κ3) is 51.8. The van der Waals surface area contributed by atoms with Crippen LogP contribution in [-0.4, -0.2) is 63.2 Å². The van der Waals surface area contributed by atoms with E-state index in [0.717, 1.165) is 17.6 Å². The Labute approximate surface area is 77.9 Å². The van der Waals surface area contributed by atoms with E-state index in [1.807, 2.05) is 0 Å². The van der Waals surface area contributed by atoms with Gasteiger partial charge < -0.3 is 14.9 Å². The minimum Gasteiger partial charge on any atom is -0.870 e. The van der Waals surface area contributed by atoms with Crippen molar-refractivity contribution in [1.29, 1.82) is 0 Å². The molecule has 1 N–H and O–H groups in total. The zero-order valence-corrected chi connectivity index (χ0v) is 9.76. The molecule has 3 nitrogen and oxygen atoms in total. The van der Waals surface area contributed by atoms with Crippen LogP contribution in [0.5, 0.6) is 0 Å². The van der Waals surface area contributed by atoms with E-state index in [4.69, 9.17) is 0 Å². The highest BCUT2D eigenvalue weighted by Crippen LogP contribution is 1.74. The third-order valence-electron chi connectivity index (χ3n) is 1.08. The van der Waals surface area contributed by atoms with E-state index < -0.39 is 0 Å². The van der Waals surface area contributed by atoms with Gasteiger partial charge in [-0.3, -0.25) is 0 Å². The van der Waals surface area contributed by atoms with Crippen LogP contribution in [-0.2, 0) is 0 Å². The van der Waals surface area contributed by atoms with E-state index in [1.165, 1.54) is 0 Å². The second kappa shape index (κ2) is 8.97. The Morgan fingerprint density at radius 1 is 0.917 bits per heavy atom. The Morgan fingerprint density at radius 2 is 1.08 bits per heavy atom. The summed E-state index contributed by atoms with van der Waals surface area (Å²) in [5.41, 5.74) is 0. The van der Waals surface area contributed by atoms with Gasteiger partial charge in [0.2, 0.25) is 0 Å². The molecule has 0 saturated carbocycles. The number of quaternary nitrogens is 1.